The van der Waals surface area contributed by atoms with Crippen LogP contribution < -0.4 is 0 Å². The molecule has 0 aliphatic heterocycles. The summed E-state index contributed by atoms with van der Waals surface area (Å²) in [7, 11) is 0. The van der Waals surface area contributed by atoms with Crippen LogP contribution >= 0.6 is 0 Å². The summed E-state index contributed by atoms with van der Waals surface area (Å²) in [5, 5.41) is 0. The molecule has 15 heavy (non-hydrogen) atoms. The molecule has 0 unspecified atom stereocenters. The summed E-state index contributed by atoms with van der Waals surface area (Å²) in [5.74, 6) is 0.0677. The number of hydrogen-bond donors (Lipinski definition) is 0. The van der Waals surface area contributed by atoms with Crippen molar-refractivity contribution in [3.8, 4) is 0 Å². The predicted octanol–water partition coefficient (Wildman–Crippen LogP) is 3.69. The molecule has 1 aliphatic carbocycles. The zero-order valence-electron chi connectivity index (χ0n) is 10.2. The molecule has 0 N–H and O–H groups in total. The Morgan fingerprint density at radius 3 is 2.40 bits per heavy atom. The molecule has 0 atom stereocenters. The van der Waals surface area contributed by atoms with E-state index in [1.165, 1.54) is 25.7 Å². The fourth-order valence-electron chi connectivity index (χ4n) is 2.58. The third-order valence-corrected chi connectivity index (χ3v) is 3.53. The Hall–Kier alpha value is -0.530. The maximum Gasteiger partial charge on any atom is 0.312 e. The van der Waals surface area contributed by atoms with Gasteiger partial charge < -0.3 is 4.74 Å². The highest BCUT2D eigenvalue weighted by molar-refractivity contribution is 5.76. The van der Waals surface area contributed by atoms with E-state index in [4.69, 9.17) is 4.74 Å². The fourth-order valence-corrected chi connectivity index (χ4v) is 2.58. The number of carbonyl (C=O) groups excluding carboxylic acids is 1. The van der Waals surface area contributed by atoms with E-state index >= 15 is 0 Å². The highest BCUT2D eigenvalue weighted by atomic mass is 16.5. The quantitative estimate of drug-likeness (QED) is 0.650. The Morgan fingerprint density at radius 1 is 1.20 bits per heavy atom. The second-order valence-corrected chi connectivity index (χ2v) is 4.67. The van der Waals surface area contributed by atoms with Gasteiger partial charge in [0.2, 0.25) is 0 Å². The number of hydrogen-bond acceptors (Lipinski definition) is 2. The van der Waals surface area contributed by atoms with Gasteiger partial charge in [0.25, 0.3) is 0 Å². The Morgan fingerprint density at radius 2 is 1.87 bits per heavy atom. The Kier molecular flexibility index (Phi) is 5.13. The van der Waals surface area contributed by atoms with Gasteiger partial charge in [0.05, 0.1) is 12.0 Å². The monoisotopic (exact) mass is 212 g/mol. The van der Waals surface area contributed by atoms with Crippen LogP contribution in [-0.4, -0.2) is 12.6 Å². The van der Waals surface area contributed by atoms with E-state index in [0.717, 1.165) is 25.7 Å². The minimum atomic E-state index is -0.121. The maximum absolute atomic E-state index is 12.0. The minimum absolute atomic E-state index is 0.0677. The second-order valence-electron chi connectivity index (χ2n) is 4.67. The van der Waals surface area contributed by atoms with E-state index in [9.17, 15) is 4.79 Å². The second kappa shape index (κ2) is 6.14. The zero-order valence-corrected chi connectivity index (χ0v) is 10.2. The molecule has 1 saturated carbocycles. The first-order chi connectivity index (χ1) is 7.25. The van der Waals surface area contributed by atoms with Crippen LogP contribution in [0.15, 0.2) is 0 Å². The zero-order chi connectivity index (χ0) is 11.1. The number of carbonyl (C=O) groups is 1. The van der Waals surface area contributed by atoms with Crippen LogP contribution in [0.25, 0.3) is 0 Å². The summed E-state index contributed by atoms with van der Waals surface area (Å²) in [4.78, 5) is 12.0. The van der Waals surface area contributed by atoms with Crippen LogP contribution in [0.4, 0.5) is 0 Å². The molecular formula is C13H24O2. The first-order valence-corrected chi connectivity index (χ1v) is 6.42. The molecule has 0 amide bonds. The molecule has 0 bridgehead atoms. The van der Waals surface area contributed by atoms with E-state index in [-0.39, 0.29) is 11.4 Å². The SMILES string of the molecule is CCCCC1(C(=O)OCC)CCCCC1. The molecule has 0 radical (unpaired) electrons. The Bertz CT molecular complexity index is 193. The minimum Gasteiger partial charge on any atom is -0.466 e. The van der Waals surface area contributed by atoms with Crippen molar-refractivity contribution in [2.45, 2.75) is 65.2 Å². The third-order valence-electron chi connectivity index (χ3n) is 3.53. The van der Waals surface area contributed by atoms with Crippen molar-refractivity contribution in [2.24, 2.45) is 5.41 Å². The van der Waals surface area contributed by atoms with Crippen molar-refractivity contribution in [3.63, 3.8) is 0 Å². The van der Waals surface area contributed by atoms with Gasteiger partial charge in [0.1, 0.15) is 0 Å². The van der Waals surface area contributed by atoms with Crippen LogP contribution in [0.3, 0.4) is 0 Å². The van der Waals surface area contributed by atoms with Crippen LogP contribution in [0, 0.1) is 5.41 Å². The molecule has 2 nitrogen and oxygen atoms in total. The molecule has 0 aromatic rings. The van der Waals surface area contributed by atoms with Crippen molar-refractivity contribution in [1.29, 1.82) is 0 Å². The maximum atomic E-state index is 12.0. The summed E-state index contributed by atoms with van der Waals surface area (Å²) in [6.07, 6.45) is 9.12. The molecule has 88 valence electrons. The first-order valence-electron chi connectivity index (χ1n) is 6.42. The Labute approximate surface area is 93.4 Å². The predicted molar refractivity (Wildman–Crippen MR) is 61.7 cm³/mol. The van der Waals surface area contributed by atoms with Gasteiger partial charge in [-0.1, -0.05) is 39.0 Å². The summed E-state index contributed by atoms with van der Waals surface area (Å²) in [6, 6.07) is 0. The highest BCUT2D eigenvalue weighted by Gasteiger charge is 2.39. The van der Waals surface area contributed by atoms with E-state index in [1.54, 1.807) is 0 Å². The lowest BCUT2D eigenvalue weighted by Crippen LogP contribution is -2.35. The molecule has 0 spiro atoms. The Balaban J connectivity index is 2.61. The highest BCUT2D eigenvalue weighted by Crippen LogP contribution is 2.41. The van der Waals surface area contributed by atoms with Crippen molar-refractivity contribution in [1.82, 2.24) is 0 Å². The number of unbranched alkanes of at least 4 members (excludes halogenated alkanes) is 1. The molecule has 0 heterocycles. The molecule has 0 saturated heterocycles. The van der Waals surface area contributed by atoms with Gasteiger partial charge in [-0.05, 0) is 26.2 Å². The summed E-state index contributed by atoms with van der Waals surface area (Å²) in [6.45, 7) is 4.60. The average molecular weight is 212 g/mol. The van der Waals surface area contributed by atoms with Gasteiger partial charge in [-0.15, -0.1) is 0 Å². The van der Waals surface area contributed by atoms with E-state index < -0.39 is 0 Å². The van der Waals surface area contributed by atoms with E-state index in [0.29, 0.717) is 6.61 Å². The van der Waals surface area contributed by atoms with Gasteiger partial charge in [-0.3, -0.25) is 4.79 Å². The third kappa shape index (κ3) is 3.22. The molecule has 1 aliphatic rings. The molecular weight excluding hydrogens is 188 g/mol. The molecule has 1 fully saturated rings. The van der Waals surface area contributed by atoms with Crippen molar-refractivity contribution >= 4 is 5.97 Å². The summed E-state index contributed by atoms with van der Waals surface area (Å²) < 4.78 is 5.24. The fraction of sp³-hybridized carbons (Fsp3) is 0.923. The molecule has 2 heteroatoms. The lowest BCUT2D eigenvalue weighted by atomic mass is 9.71. The van der Waals surface area contributed by atoms with Crippen molar-refractivity contribution < 1.29 is 9.53 Å². The normalized spacial score (nSPS) is 19.9. The number of esters is 1. The standard InChI is InChI=1S/C13H24O2/c1-3-5-9-13(12(14)15-4-2)10-7-6-8-11-13/h3-11H2,1-2H3. The van der Waals surface area contributed by atoms with Gasteiger partial charge >= 0.3 is 5.97 Å². The van der Waals surface area contributed by atoms with Crippen molar-refractivity contribution in [2.75, 3.05) is 6.61 Å². The van der Waals surface area contributed by atoms with Crippen LogP contribution in [0.2, 0.25) is 0 Å². The lowest BCUT2D eigenvalue weighted by Gasteiger charge is -2.34. The summed E-state index contributed by atoms with van der Waals surface area (Å²) in [5.41, 5.74) is -0.121. The van der Waals surface area contributed by atoms with Gasteiger partial charge in [0.15, 0.2) is 0 Å². The van der Waals surface area contributed by atoms with Crippen LogP contribution in [0.5, 0.6) is 0 Å². The van der Waals surface area contributed by atoms with Crippen LogP contribution in [-0.2, 0) is 9.53 Å². The summed E-state index contributed by atoms with van der Waals surface area (Å²) >= 11 is 0. The van der Waals surface area contributed by atoms with Gasteiger partial charge in [-0.2, -0.15) is 0 Å². The number of rotatable bonds is 5. The van der Waals surface area contributed by atoms with Crippen LogP contribution in [0.1, 0.15) is 65.2 Å². The van der Waals surface area contributed by atoms with E-state index in [2.05, 4.69) is 6.92 Å². The topological polar surface area (TPSA) is 26.3 Å². The molecule has 0 aromatic heterocycles. The molecule has 0 aromatic carbocycles. The van der Waals surface area contributed by atoms with Gasteiger partial charge in [-0.25, -0.2) is 0 Å². The van der Waals surface area contributed by atoms with E-state index in [1.807, 2.05) is 6.92 Å². The molecule has 1 rings (SSSR count). The smallest absolute Gasteiger partial charge is 0.312 e. The lowest BCUT2D eigenvalue weighted by molar-refractivity contribution is -0.158. The van der Waals surface area contributed by atoms with Gasteiger partial charge in [0, 0.05) is 0 Å². The average Bonchev–Trinajstić information content (AvgIpc) is 2.28. The largest absolute Gasteiger partial charge is 0.466 e. The number of ether oxygens (including phenoxy) is 1. The first kappa shape index (κ1) is 12.5. The van der Waals surface area contributed by atoms with Crippen molar-refractivity contribution in [3.05, 3.63) is 0 Å².